The zero-order chi connectivity index (χ0) is 15.5. The lowest BCUT2D eigenvalue weighted by atomic mass is 10.1. The van der Waals surface area contributed by atoms with Gasteiger partial charge in [-0.2, -0.15) is 5.06 Å². The van der Waals surface area contributed by atoms with Crippen LogP contribution in [0.15, 0.2) is 0 Å². The number of hydrogen-bond acceptors (Lipinski definition) is 5. The Hall–Kier alpha value is -1.14. The molecule has 0 aliphatic carbocycles. The van der Waals surface area contributed by atoms with Gasteiger partial charge >= 0.3 is 5.97 Å². The molecule has 2 N–H and O–H groups in total. The van der Waals surface area contributed by atoms with Crippen LogP contribution in [0.4, 0.5) is 0 Å². The van der Waals surface area contributed by atoms with Crippen molar-refractivity contribution in [3.63, 3.8) is 0 Å². The van der Waals surface area contributed by atoms with Gasteiger partial charge < -0.3 is 15.3 Å². The second-order valence-electron chi connectivity index (χ2n) is 5.59. The SMILES string of the molecule is CCCCCCCCCN(O)CC(=O)N[C@H]1CCOC1=O. The summed E-state index contributed by atoms with van der Waals surface area (Å²) in [4.78, 5) is 22.8. The number of amides is 1. The minimum Gasteiger partial charge on any atom is -0.464 e. The van der Waals surface area contributed by atoms with Crippen molar-refractivity contribution in [2.24, 2.45) is 0 Å². The van der Waals surface area contributed by atoms with Gasteiger partial charge in [-0.05, 0) is 6.42 Å². The fourth-order valence-electron chi connectivity index (χ4n) is 2.36. The number of unbranched alkanes of at least 4 members (excludes halogenated alkanes) is 6. The van der Waals surface area contributed by atoms with E-state index in [1.54, 1.807) is 0 Å². The van der Waals surface area contributed by atoms with Crippen molar-refractivity contribution in [3.8, 4) is 0 Å². The third-order valence-corrected chi connectivity index (χ3v) is 3.62. The van der Waals surface area contributed by atoms with Crippen molar-refractivity contribution >= 4 is 11.9 Å². The van der Waals surface area contributed by atoms with Gasteiger partial charge in [-0.3, -0.25) is 4.79 Å². The Bertz CT molecular complexity index is 323. The van der Waals surface area contributed by atoms with Crippen LogP contribution in [0, 0.1) is 0 Å². The van der Waals surface area contributed by atoms with Gasteiger partial charge in [-0.1, -0.05) is 45.4 Å². The summed E-state index contributed by atoms with van der Waals surface area (Å²) in [6.45, 7) is 2.93. The van der Waals surface area contributed by atoms with Crippen LogP contribution in [0.25, 0.3) is 0 Å². The molecule has 1 aliphatic rings. The summed E-state index contributed by atoms with van der Waals surface area (Å²) in [6, 6.07) is -0.551. The van der Waals surface area contributed by atoms with Crippen molar-refractivity contribution in [3.05, 3.63) is 0 Å². The number of hydroxylamine groups is 2. The van der Waals surface area contributed by atoms with Crippen molar-refractivity contribution in [2.45, 2.75) is 64.3 Å². The van der Waals surface area contributed by atoms with E-state index in [0.29, 0.717) is 19.6 Å². The van der Waals surface area contributed by atoms with Crippen molar-refractivity contribution in [2.75, 3.05) is 19.7 Å². The highest BCUT2D eigenvalue weighted by atomic mass is 16.5. The average molecular weight is 300 g/mol. The number of carbonyl (C=O) groups excluding carboxylic acids is 2. The molecule has 1 rings (SSSR count). The van der Waals surface area contributed by atoms with E-state index in [-0.39, 0.29) is 18.4 Å². The van der Waals surface area contributed by atoms with Crippen LogP contribution < -0.4 is 5.32 Å². The molecule has 0 unspecified atom stereocenters. The van der Waals surface area contributed by atoms with Crippen molar-refractivity contribution < 1.29 is 19.5 Å². The van der Waals surface area contributed by atoms with Gasteiger partial charge in [0, 0.05) is 13.0 Å². The molecule has 1 saturated heterocycles. The predicted octanol–water partition coefficient (Wildman–Crippen LogP) is 1.86. The second-order valence-corrected chi connectivity index (χ2v) is 5.59. The first-order valence-corrected chi connectivity index (χ1v) is 8.03. The number of cyclic esters (lactones) is 1. The quantitative estimate of drug-likeness (QED) is 0.346. The first kappa shape index (κ1) is 17.9. The molecule has 0 radical (unpaired) electrons. The molecule has 122 valence electrons. The number of ether oxygens (including phenoxy) is 1. The van der Waals surface area contributed by atoms with Gasteiger partial charge in [0.25, 0.3) is 0 Å². The molecule has 0 bridgehead atoms. The van der Waals surface area contributed by atoms with Crippen LogP contribution in [0.2, 0.25) is 0 Å². The lowest BCUT2D eigenvalue weighted by Crippen LogP contribution is -2.43. The Morgan fingerprint density at radius 3 is 2.57 bits per heavy atom. The van der Waals surface area contributed by atoms with Gasteiger partial charge in [0.05, 0.1) is 6.61 Å². The first-order valence-electron chi connectivity index (χ1n) is 8.03. The molecule has 6 heteroatoms. The van der Waals surface area contributed by atoms with Crippen molar-refractivity contribution in [1.29, 1.82) is 0 Å². The Morgan fingerprint density at radius 2 is 1.95 bits per heavy atom. The number of nitrogens with zero attached hydrogens (tertiary/aromatic N) is 1. The molecule has 21 heavy (non-hydrogen) atoms. The average Bonchev–Trinajstić information content (AvgIpc) is 2.83. The number of carbonyl (C=O) groups is 2. The smallest absolute Gasteiger partial charge is 0.328 e. The highest BCUT2D eigenvalue weighted by Gasteiger charge is 2.28. The molecule has 0 aromatic carbocycles. The van der Waals surface area contributed by atoms with Crippen molar-refractivity contribution in [1.82, 2.24) is 10.4 Å². The third kappa shape index (κ3) is 8.02. The van der Waals surface area contributed by atoms with E-state index >= 15 is 0 Å². The third-order valence-electron chi connectivity index (χ3n) is 3.62. The summed E-state index contributed by atoms with van der Waals surface area (Å²) in [6.07, 6.45) is 8.67. The monoisotopic (exact) mass is 300 g/mol. The van der Waals surface area contributed by atoms with Crippen LogP contribution in [-0.4, -0.2) is 47.9 Å². The Kier molecular flexibility index (Phi) is 9.01. The number of esters is 1. The lowest BCUT2D eigenvalue weighted by Gasteiger charge is -2.15. The van der Waals surface area contributed by atoms with E-state index in [2.05, 4.69) is 12.2 Å². The standard InChI is InChI=1S/C15H28N2O4/c1-2-3-4-5-6-7-8-10-17(20)12-14(18)16-13-9-11-21-15(13)19/h13,20H,2-12H2,1H3,(H,16,18)/t13-/m0/s1. The van der Waals surface area contributed by atoms with Crippen LogP contribution in [0.3, 0.4) is 0 Å². The summed E-state index contributed by atoms with van der Waals surface area (Å²) in [5, 5.41) is 13.2. The minimum absolute atomic E-state index is 0.0976. The fourth-order valence-corrected chi connectivity index (χ4v) is 2.36. The summed E-state index contributed by atoms with van der Waals surface area (Å²) < 4.78 is 4.76. The number of hydrogen-bond donors (Lipinski definition) is 2. The Balaban J connectivity index is 2.00. The van der Waals surface area contributed by atoms with Gasteiger partial charge in [-0.15, -0.1) is 0 Å². The first-order chi connectivity index (χ1) is 10.1. The highest BCUT2D eigenvalue weighted by Crippen LogP contribution is 2.07. The normalized spacial score (nSPS) is 18.0. The molecule has 0 aromatic rings. The largest absolute Gasteiger partial charge is 0.464 e. The summed E-state index contributed by atoms with van der Waals surface area (Å²) >= 11 is 0. The zero-order valence-electron chi connectivity index (χ0n) is 13.0. The van der Waals surface area contributed by atoms with E-state index in [9.17, 15) is 14.8 Å². The molecule has 1 atom stereocenters. The summed E-state index contributed by atoms with van der Waals surface area (Å²) in [5.74, 6) is -0.732. The molecule has 0 aromatic heterocycles. The predicted molar refractivity (Wildman–Crippen MR) is 78.9 cm³/mol. The molecule has 1 heterocycles. The van der Waals surface area contributed by atoms with Crippen LogP contribution >= 0.6 is 0 Å². The molecular formula is C15H28N2O4. The zero-order valence-corrected chi connectivity index (χ0v) is 13.0. The van der Waals surface area contributed by atoms with Gasteiger partial charge in [0.15, 0.2) is 0 Å². The van der Waals surface area contributed by atoms with E-state index in [0.717, 1.165) is 17.9 Å². The van der Waals surface area contributed by atoms with E-state index in [1.165, 1.54) is 32.1 Å². The van der Waals surface area contributed by atoms with E-state index < -0.39 is 6.04 Å². The summed E-state index contributed by atoms with van der Waals surface area (Å²) in [7, 11) is 0. The molecular weight excluding hydrogens is 272 g/mol. The molecule has 0 spiro atoms. The molecule has 6 nitrogen and oxygen atoms in total. The van der Waals surface area contributed by atoms with Gasteiger partial charge in [-0.25, -0.2) is 4.79 Å². The molecule has 0 saturated carbocycles. The van der Waals surface area contributed by atoms with Gasteiger partial charge in [0.1, 0.15) is 12.6 Å². The van der Waals surface area contributed by atoms with E-state index in [4.69, 9.17) is 4.74 Å². The molecule has 1 aliphatic heterocycles. The second kappa shape index (κ2) is 10.6. The van der Waals surface area contributed by atoms with Crippen LogP contribution in [-0.2, 0) is 14.3 Å². The number of nitrogens with one attached hydrogen (secondary N) is 1. The maximum Gasteiger partial charge on any atom is 0.328 e. The Morgan fingerprint density at radius 1 is 1.29 bits per heavy atom. The van der Waals surface area contributed by atoms with E-state index in [1.807, 2.05) is 0 Å². The lowest BCUT2D eigenvalue weighted by molar-refractivity contribution is -0.145. The molecule has 1 fully saturated rings. The maximum absolute atomic E-state index is 11.6. The summed E-state index contributed by atoms with van der Waals surface area (Å²) in [5.41, 5.74) is 0. The van der Waals surface area contributed by atoms with Gasteiger partial charge in [0.2, 0.25) is 5.91 Å². The maximum atomic E-state index is 11.6. The van der Waals surface area contributed by atoms with Crippen LogP contribution in [0.1, 0.15) is 58.3 Å². The Labute approximate surface area is 126 Å². The van der Waals surface area contributed by atoms with Crippen LogP contribution in [0.5, 0.6) is 0 Å². The number of rotatable bonds is 11. The fraction of sp³-hybridized carbons (Fsp3) is 0.867. The highest BCUT2D eigenvalue weighted by molar-refractivity contribution is 5.86. The molecule has 1 amide bonds. The minimum atomic E-state index is -0.551. The topological polar surface area (TPSA) is 78.9 Å².